The normalized spacial score (nSPS) is 11.5. The number of nitrogens with one attached hydrogen (secondary N) is 2. The standard InChI is InChI=1S/C13H18F3N3O2/c1-9(2)21-12-10(4-3-5-18-12)6-17-7-11(20)19-8-13(14,15)16/h3-5,9,17H,6-8H2,1-2H3,(H,19,20). The number of hydrogen-bond acceptors (Lipinski definition) is 4. The van der Waals surface area contributed by atoms with Gasteiger partial charge in [0.1, 0.15) is 6.54 Å². The summed E-state index contributed by atoms with van der Waals surface area (Å²) < 4.78 is 41.2. The van der Waals surface area contributed by atoms with Gasteiger partial charge in [-0.2, -0.15) is 13.2 Å². The molecule has 1 heterocycles. The van der Waals surface area contributed by atoms with E-state index in [0.29, 0.717) is 5.88 Å². The molecule has 0 saturated heterocycles. The van der Waals surface area contributed by atoms with Gasteiger partial charge in [-0.3, -0.25) is 4.79 Å². The average Bonchev–Trinajstić information content (AvgIpc) is 2.37. The van der Waals surface area contributed by atoms with Gasteiger partial charge in [-0.1, -0.05) is 6.07 Å². The van der Waals surface area contributed by atoms with Crippen LogP contribution in [0, 0.1) is 0 Å². The van der Waals surface area contributed by atoms with Crippen LogP contribution in [0.5, 0.6) is 5.88 Å². The maximum atomic E-state index is 11.9. The van der Waals surface area contributed by atoms with Crippen molar-refractivity contribution < 1.29 is 22.7 Å². The molecule has 1 aromatic rings. The van der Waals surface area contributed by atoms with Crippen molar-refractivity contribution in [2.24, 2.45) is 0 Å². The van der Waals surface area contributed by atoms with Crippen molar-refractivity contribution in [1.29, 1.82) is 0 Å². The number of amides is 1. The van der Waals surface area contributed by atoms with Crippen LogP contribution in [0.15, 0.2) is 18.3 Å². The van der Waals surface area contributed by atoms with Crippen LogP contribution < -0.4 is 15.4 Å². The van der Waals surface area contributed by atoms with Crippen molar-refractivity contribution in [2.75, 3.05) is 13.1 Å². The zero-order chi connectivity index (χ0) is 15.9. The van der Waals surface area contributed by atoms with E-state index in [1.54, 1.807) is 23.6 Å². The fraction of sp³-hybridized carbons (Fsp3) is 0.538. The number of halogens is 3. The molecule has 0 unspecified atom stereocenters. The van der Waals surface area contributed by atoms with E-state index < -0.39 is 18.6 Å². The summed E-state index contributed by atoms with van der Waals surface area (Å²) in [4.78, 5) is 15.3. The Morgan fingerprint density at radius 1 is 1.43 bits per heavy atom. The van der Waals surface area contributed by atoms with Crippen molar-refractivity contribution >= 4 is 5.91 Å². The van der Waals surface area contributed by atoms with Gasteiger partial charge in [0, 0.05) is 18.3 Å². The first kappa shape index (κ1) is 17.2. The molecule has 0 fully saturated rings. The van der Waals surface area contributed by atoms with Gasteiger partial charge < -0.3 is 15.4 Å². The lowest BCUT2D eigenvalue weighted by Gasteiger charge is -2.13. The summed E-state index contributed by atoms with van der Waals surface area (Å²) in [6, 6.07) is 3.49. The molecule has 0 aliphatic rings. The Morgan fingerprint density at radius 3 is 2.76 bits per heavy atom. The Morgan fingerprint density at radius 2 is 2.14 bits per heavy atom. The molecule has 0 aromatic carbocycles. The molecule has 0 radical (unpaired) electrons. The van der Waals surface area contributed by atoms with Gasteiger partial charge in [0.2, 0.25) is 11.8 Å². The molecule has 1 rings (SSSR count). The summed E-state index contributed by atoms with van der Waals surface area (Å²) in [5.41, 5.74) is 0.731. The van der Waals surface area contributed by atoms with Gasteiger partial charge in [-0.05, 0) is 19.9 Å². The molecule has 118 valence electrons. The summed E-state index contributed by atoms with van der Waals surface area (Å²) in [5, 5.41) is 4.53. The predicted octanol–water partition coefficient (Wildman–Crippen LogP) is 1.64. The van der Waals surface area contributed by atoms with Crippen LogP contribution in [-0.4, -0.2) is 36.3 Å². The van der Waals surface area contributed by atoms with Crippen LogP contribution in [-0.2, 0) is 11.3 Å². The van der Waals surface area contributed by atoms with Crippen molar-refractivity contribution in [2.45, 2.75) is 32.7 Å². The highest BCUT2D eigenvalue weighted by Crippen LogP contribution is 2.15. The fourth-order valence-electron chi connectivity index (χ4n) is 1.46. The zero-order valence-electron chi connectivity index (χ0n) is 11.8. The quantitative estimate of drug-likeness (QED) is 0.804. The summed E-state index contributed by atoms with van der Waals surface area (Å²) in [5.74, 6) is -0.279. The van der Waals surface area contributed by atoms with Gasteiger partial charge in [0.15, 0.2) is 0 Å². The number of nitrogens with zero attached hydrogens (tertiary/aromatic N) is 1. The molecule has 1 aromatic heterocycles. The van der Waals surface area contributed by atoms with Crippen LogP contribution in [0.4, 0.5) is 13.2 Å². The van der Waals surface area contributed by atoms with Crippen LogP contribution in [0.3, 0.4) is 0 Å². The first-order chi connectivity index (χ1) is 9.78. The third-order valence-electron chi connectivity index (χ3n) is 2.28. The molecular weight excluding hydrogens is 287 g/mol. The van der Waals surface area contributed by atoms with E-state index in [1.807, 2.05) is 13.8 Å². The van der Waals surface area contributed by atoms with Crippen LogP contribution in [0.1, 0.15) is 19.4 Å². The van der Waals surface area contributed by atoms with Gasteiger partial charge in [0.25, 0.3) is 0 Å². The number of ether oxygens (including phenoxy) is 1. The lowest BCUT2D eigenvalue weighted by atomic mass is 10.2. The Labute approximate surface area is 120 Å². The minimum Gasteiger partial charge on any atom is -0.475 e. The van der Waals surface area contributed by atoms with Gasteiger partial charge in [-0.15, -0.1) is 0 Å². The van der Waals surface area contributed by atoms with Crippen LogP contribution in [0.2, 0.25) is 0 Å². The van der Waals surface area contributed by atoms with E-state index >= 15 is 0 Å². The zero-order valence-corrected chi connectivity index (χ0v) is 11.8. The Kier molecular flexibility index (Phi) is 6.41. The van der Waals surface area contributed by atoms with Gasteiger partial charge in [-0.25, -0.2) is 4.98 Å². The predicted molar refractivity (Wildman–Crippen MR) is 70.8 cm³/mol. The molecular formula is C13H18F3N3O2. The lowest BCUT2D eigenvalue weighted by molar-refractivity contribution is -0.137. The minimum atomic E-state index is -4.41. The van der Waals surface area contributed by atoms with Crippen molar-refractivity contribution in [3.8, 4) is 5.88 Å². The van der Waals surface area contributed by atoms with Crippen molar-refractivity contribution in [1.82, 2.24) is 15.6 Å². The highest BCUT2D eigenvalue weighted by Gasteiger charge is 2.27. The number of pyridine rings is 1. The van der Waals surface area contributed by atoms with Crippen LogP contribution >= 0.6 is 0 Å². The third-order valence-corrected chi connectivity index (χ3v) is 2.28. The lowest BCUT2D eigenvalue weighted by Crippen LogP contribution is -2.39. The van der Waals surface area contributed by atoms with Gasteiger partial charge >= 0.3 is 6.18 Å². The highest BCUT2D eigenvalue weighted by atomic mass is 19.4. The molecule has 5 nitrogen and oxygen atoms in total. The van der Waals surface area contributed by atoms with E-state index in [0.717, 1.165) is 5.56 Å². The van der Waals surface area contributed by atoms with E-state index in [-0.39, 0.29) is 19.2 Å². The number of carbonyl (C=O) groups excluding carboxylic acids is 1. The molecule has 1 amide bonds. The molecule has 0 atom stereocenters. The summed E-state index contributed by atoms with van der Waals surface area (Å²) in [6.07, 6.45) is -2.87. The number of aromatic nitrogens is 1. The monoisotopic (exact) mass is 305 g/mol. The van der Waals surface area contributed by atoms with Gasteiger partial charge in [0.05, 0.1) is 12.6 Å². The summed E-state index contributed by atoms with van der Waals surface area (Å²) in [6.45, 7) is 2.44. The van der Waals surface area contributed by atoms with E-state index in [2.05, 4.69) is 10.3 Å². The number of carbonyl (C=O) groups is 1. The molecule has 21 heavy (non-hydrogen) atoms. The largest absolute Gasteiger partial charge is 0.475 e. The SMILES string of the molecule is CC(C)Oc1ncccc1CNCC(=O)NCC(F)(F)F. The highest BCUT2D eigenvalue weighted by molar-refractivity contribution is 5.78. The molecule has 0 saturated carbocycles. The Balaban J connectivity index is 2.40. The second-order valence-electron chi connectivity index (χ2n) is 4.63. The number of hydrogen-bond donors (Lipinski definition) is 2. The summed E-state index contributed by atoms with van der Waals surface area (Å²) >= 11 is 0. The molecule has 0 aliphatic heterocycles. The molecule has 0 aliphatic carbocycles. The molecule has 0 bridgehead atoms. The second kappa shape index (κ2) is 7.82. The second-order valence-corrected chi connectivity index (χ2v) is 4.63. The van der Waals surface area contributed by atoms with E-state index in [9.17, 15) is 18.0 Å². The maximum Gasteiger partial charge on any atom is 0.405 e. The fourth-order valence-corrected chi connectivity index (χ4v) is 1.46. The Hall–Kier alpha value is -1.83. The van der Waals surface area contributed by atoms with Crippen LogP contribution in [0.25, 0.3) is 0 Å². The van der Waals surface area contributed by atoms with E-state index in [4.69, 9.17) is 4.74 Å². The smallest absolute Gasteiger partial charge is 0.405 e. The van der Waals surface area contributed by atoms with E-state index in [1.165, 1.54) is 0 Å². The first-order valence-corrected chi connectivity index (χ1v) is 6.42. The Bertz CT molecular complexity index is 464. The number of rotatable bonds is 7. The van der Waals surface area contributed by atoms with Crippen molar-refractivity contribution in [3.05, 3.63) is 23.9 Å². The number of alkyl halides is 3. The van der Waals surface area contributed by atoms with Crippen molar-refractivity contribution in [3.63, 3.8) is 0 Å². The molecule has 8 heteroatoms. The topological polar surface area (TPSA) is 63.2 Å². The average molecular weight is 305 g/mol. The maximum absolute atomic E-state index is 11.9. The molecule has 2 N–H and O–H groups in total. The minimum absolute atomic E-state index is 0.0475. The summed E-state index contributed by atoms with van der Waals surface area (Å²) in [7, 11) is 0. The first-order valence-electron chi connectivity index (χ1n) is 6.42. The molecule has 0 spiro atoms. The third kappa shape index (κ3) is 7.50.